The first-order valence-corrected chi connectivity index (χ1v) is 8.77. The number of nitrogens with one attached hydrogen (secondary N) is 2. The Balaban J connectivity index is 1.43. The Bertz CT molecular complexity index is 554. The van der Waals surface area contributed by atoms with Crippen LogP contribution in [0.5, 0.6) is 0 Å². The molecular formula is C19H26N2O2. The van der Waals surface area contributed by atoms with Crippen LogP contribution in [-0.4, -0.2) is 18.4 Å². The third-order valence-electron chi connectivity index (χ3n) is 4.90. The molecule has 23 heavy (non-hydrogen) atoms. The van der Waals surface area contributed by atoms with E-state index in [1.165, 1.54) is 12.0 Å². The number of benzene rings is 1. The second kappa shape index (κ2) is 7.16. The summed E-state index contributed by atoms with van der Waals surface area (Å²) in [7, 11) is 0. The van der Waals surface area contributed by atoms with Crippen LogP contribution >= 0.6 is 0 Å². The molecular weight excluding hydrogens is 288 g/mol. The number of amides is 2. The standard InChI is InChI=1S/C19H26N2O2/c1-13-12-16(13)18(14-6-3-2-4-7-14)21-17(22)8-5-11-20-19(23)15-9-10-15/h2-4,6-7,13,15-16,18H,5,8-12H2,1H3,(H,20,23)(H,21,22)/t13-,16+,18-/m1/s1. The molecule has 0 bridgehead atoms. The second-order valence-corrected chi connectivity index (χ2v) is 7.00. The van der Waals surface area contributed by atoms with E-state index >= 15 is 0 Å². The van der Waals surface area contributed by atoms with Crippen molar-refractivity contribution in [2.24, 2.45) is 17.8 Å². The highest BCUT2D eigenvalue weighted by Gasteiger charge is 2.40. The van der Waals surface area contributed by atoms with Crippen LogP contribution in [0, 0.1) is 17.8 Å². The molecule has 0 spiro atoms. The summed E-state index contributed by atoms with van der Waals surface area (Å²) in [5.74, 6) is 1.70. The summed E-state index contributed by atoms with van der Waals surface area (Å²) in [6.45, 7) is 2.83. The van der Waals surface area contributed by atoms with Crippen molar-refractivity contribution in [1.82, 2.24) is 10.6 Å². The maximum Gasteiger partial charge on any atom is 0.223 e. The fourth-order valence-electron chi connectivity index (χ4n) is 3.11. The molecule has 1 aromatic rings. The van der Waals surface area contributed by atoms with E-state index in [1.807, 2.05) is 18.2 Å². The topological polar surface area (TPSA) is 58.2 Å². The molecule has 0 heterocycles. The van der Waals surface area contributed by atoms with Gasteiger partial charge in [0.05, 0.1) is 6.04 Å². The van der Waals surface area contributed by atoms with Crippen LogP contribution < -0.4 is 10.6 Å². The third kappa shape index (κ3) is 4.57. The van der Waals surface area contributed by atoms with Gasteiger partial charge < -0.3 is 10.6 Å². The lowest BCUT2D eigenvalue weighted by Gasteiger charge is -2.19. The first-order valence-electron chi connectivity index (χ1n) is 8.77. The van der Waals surface area contributed by atoms with Gasteiger partial charge in [0.25, 0.3) is 0 Å². The van der Waals surface area contributed by atoms with Crippen LogP contribution in [0.25, 0.3) is 0 Å². The van der Waals surface area contributed by atoms with Crippen LogP contribution in [-0.2, 0) is 9.59 Å². The smallest absolute Gasteiger partial charge is 0.223 e. The summed E-state index contributed by atoms with van der Waals surface area (Å²) in [5.41, 5.74) is 1.19. The highest BCUT2D eigenvalue weighted by Crippen LogP contribution is 2.46. The van der Waals surface area contributed by atoms with Gasteiger partial charge in [0.15, 0.2) is 0 Å². The first-order chi connectivity index (χ1) is 11.1. The Morgan fingerprint density at radius 1 is 1.22 bits per heavy atom. The number of hydrogen-bond donors (Lipinski definition) is 2. The second-order valence-electron chi connectivity index (χ2n) is 7.00. The van der Waals surface area contributed by atoms with Gasteiger partial charge >= 0.3 is 0 Å². The van der Waals surface area contributed by atoms with Crippen LogP contribution in [0.2, 0.25) is 0 Å². The molecule has 2 fully saturated rings. The maximum absolute atomic E-state index is 12.2. The molecule has 2 aliphatic carbocycles. The molecule has 2 amide bonds. The van der Waals surface area contributed by atoms with Crippen molar-refractivity contribution in [2.45, 2.75) is 45.1 Å². The van der Waals surface area contributed by atoms with Crippen molar-refractivity contribution in [2.75, 3.05) is 6.54 Å². The highest BCUT2D eigenvalue weighted by molar-refractivity contribution is 5.81. The molecule has 0 aromatic heterocycles. The van der Waals surface area contributed by atoms with E-state index in [9.17, 15) is 9.59 Å². The van der Waals surface area contributed by atoms with Crippen molar-refractivity contribution in [1.29, 1.82) is 0 Å². The quantitative estimate of drug-likeness (QED) is 0.725. The van der Waals surface area contributed by atoms with E-state index in [2.05, 4.69) is 29.7 Å². The van der Waals surface area contributed by atoms with E-state index in [0.29, 0.717) is 31.2 Å². The molecule has 2 aliphatic rings. The summed E-state index contributed by atoms with van der Waals surface area (Å²) >= 11 is 0. The normalized spacial score (nSPS) is 23.9. The summed E-state index contributed by atoms with van der Waals surface area (Å²) < 4.78 is 0. The lowest BCUT2D eigenvalue weighted by molar-refractivity contribution is -0.124. The fraction of sp³-hybridized carbons (Fsp3) is 0.579. The lowest BCUT2D eigenvalue weighted by atomic mass is 10.0. The Labute approximate surface area is 138 Å². The molecule has 3 rings (SSSR count). The van der Waals surface area contributed by atoms with Crippen LogP contribution in [0.3, 0.4) is 0 Å². The molecule has 0 saturated heterocycles. The molecule has 4 heteroatoms. The van der Waals surface area contributed by atoms with Crippen LogP contribution in [0.4, 0.5) is 0 Å². The number of carbonyl (C=O) groups is 2. The summed E-state index contributed by atoms with van der Waals surface area (Å²) in [4.78, 5) is 23.8. The number of carbonyl (C=O) groups excluding carboxylic acids is 2. The molecule has 2 saturated carbocycles. The molecule has 2 N–H and O–H groups in total. The summed E-state index contributed by atoms with van der Waals surface area (Å²) in [6, 6.07) is 10.3. The van der Waals surface area contributed by atoms with Crippen LogP contribution in [0.15, 0.2) is 30.3 Å². The predicted octanol–water partition coefficient (Wildman–Crippen LogP) is 2.81. The van der Waals surface area contributed by atoms with Crippen molar-refractivity contribution in [3.63, 3.8) is 0 Å². The first kappa shape index (κ1) is 16.0. The van der Waals surface area contributed by atoms with Crippen molar-refractivity contribution in [3.05, 3.63) is 35.9 Å². The van der Waals surface area contributed by atoms with Gasteiger partial charge in [-0.3, -0.25) is 9.59 Å². The van der Waals surface area contributed by atoms with Crippen molar-refractivity contribution >= 4 is 11.8 Å². The molecule has 3 atom stereocenters. The van der Waals surface area contributed by atoms with Gasteiger partial charge in [-0.15, -0.1) is 0 Å². The minimum atomic E-state index is 0.0821. The molecule has 0 radical (unpaired) electrons. The number of rotatable bonds is 8. The Hall–Kier alpha value is -1.84. The summed E-state index contributed by atoms with van der Waals surface area (Å²) in [6.07, 6.45) is 4.38. The zero-order valence-corrected chi connectivity index (χ0v) is 13.8. The van der Waals surface area contributed by atoms with Gasteiger partial charge in [0.1, 0.15) is 0 Å². The molecule has 0 unspecified atom stereocenters. The third-order valence-corrected chi connectivity index (χ3v) is 4.90. The van der Waals surface area contributed by atoms with Gasteiger partial charge in [-0.2, -0.15) is 0 Å². The highest BCUT2D eigenvalue weighted by atomic mass is 16.2. The maximum atomic E-state index is 12.2. The van der Waals surface area contributed by atoms with E-state index < -0.39 is 0 Å². The zero-order chi connectivity index (χ0) is 16.2. The fourth-order valence-corrected chi connectivity index (χ4v) is 3.11. The van der Waals surface area contributed by atoms with E-state index in [-0.39, 0.29) is 23.8 Å². The van der Waals surface area contributed by atoms with Gasteiger partial charge in [-0.05, 0) is 43.1 Å². The Kier molecular flexibility index (Phi) is 4.99. The van der Waals surface area contributed by atoms with Gasteiger partial charge in [0.2, 0.25) is 11.8 Å². The van der Waals surface area contributed by atoms with Crippen molar-refractivity contribution < 1.29 is 9.59 Å². The molecule has 4 nitrogen and oxygen atoms in total. The Morgan fingerprint density at radius 2 is 1.91 bits per heavy atom. The SMILES string of the molecule is C[C@@H]1C[C@@H]1[C@H](NC(=O)CCCNC(=O)C1CC1)c1ccccc1. The molecule has 0 aliphatic heterocycles. The summed E-state index contributed by atoms with van der Waals surface area (Å²) in [5, 5.41) is 6.11. The minimum Gasteiger partial charge on any atom is -0.356 e. The van der Waals surface area contributed by atoms with E-state index in [0.717, 1.165) is 12.8 Å². The van der Waals surface area contributed by atoms with E-state index in [1.54, 1.807) is 0 Å². The average molecular weight is 314 g/mol. The van der Waals surface area contributed by atoms with Crippen LogP contribution in [0.1, 0.15) is 50.6 Å². The Morgan fingerprint density at radius 3 is 2.52 bits per heavy atom. The zero-order valence-electron chi connectivity index (χ0n) is 13.8. The molecule has 124 valence electrons. The average Bonchev–Trinajstić information content (AvgIpc) is 3.46. The monoisotopic (exact) mass is 314 g/mol. The van der Waals surface area contributed by atoms with Crippen molar-refractivity contribution in [3.8, 4) is 0 Å². The predicted molar refractivity (Wildman–Crippen MR) is 89.6 cm³/mol. The molecule has 1 aromatic carbocycles. The minimum absolute atomic E-state index is 0.0821. The van der Waals surface area contributed by atoms with Gasteiger partial charge in [0, 0.05) is 18.9 Å². The number of hydrogen-bond acceptors (Lipinski definition) is 2. The van der Waals surface area contributed by atoms with Gasteiger partial charge in [-0.1, -0.05) is 37.3 Å². The van der Waals surface area contributed by atoms with Gasteiger partial charge in [-0.25, -0.2) is 0 Å². The largest absolute Gasteiger partial charge is 0.356 e. The van der Waals surface area contributed by atoms with E-state index in [4.69, 9.17) is 0 Å². The lowest BCUT2D eigenvalue weighted by Crippen LogP contribution is -2.31.